The average molecular weight is 563 g/mol. The Balaban J connectivity index is 1.33. The molecular formula is C31H42N6O4. The van der Waals surface area contributed by atoms with Crippen molar-refractivity contribution in [3.63, 3.8) is 0 Å². The number of methoxy groups -OCH3 is 1. The van der Waals surface area contributed by atoms with Gasteiger partial charge in [-0.1, -0.05) is 6.08 Å². The first-order chi connectivity index (χ1) is 19.4. The predicted molar refractivity (Wildman–Crippen MR) is 159 cm³/mol. The van der Waals surface area contributed by atoms with Gasteiger partial charge in [0.25, 0.3) is 5.91 Å². The lowest BCUT2D eigenvalue weighted by atomic mass is 9.74. The fourth-order valence-corrected chi connectivity index (χ4v) is 6.22. The van der Waals surface area contributed by atoms with Crippen molar-refractivity contribution in [1.82, 2.24) is 24.9 Å². The van der Waals surface area contributed by atoms with Crippen LogP contribution in [0.25, 0.3) is 10.9 Å². The van der Waals surface area contributed by atoms with E-state index in [9.17, 15) is 9.59 Å². The first kappa shape index (κ1) is 28.6. The summed E-state index contributed by atoms with van der Waals surface area (Å²) in [4.78, 5) is 30.8. The van der Waals surface area contributed by atoms with E-state index in [1.165, 1.54) is 5.70 Å². The second kappa shape index (κ2) is 10.8. The number of fused-ring (bicyclic) bond motifs is 2. The van der Waals surface area contributed by atoms with Gasteiger partial charge in [-0.05, 0) is 71.9 Å². The SMILES string of the molecule is CCN(C(=O)OC(C)(C)C)C1CCN(C2=CC=C(C(=O)Nc3cc4cn(C)nc4cc3OC)C3(C)NC=CC23)CC1. The Morgan fingerprint density at radius 1 is 1.22 bits per heavy atom. The molecule has 3 aliphatic rings. The second-order valence-electron chi connectivity index (χ2n) is 12.2. The number of carbonyl (C=O) groups excluding carboxylic acids is 2. The van der Waals surface area contributed by atoms with Crippen LogP contribution in [0.15, 0.2) is 54.0 Å². The van der Waals surface area contributed by atoms with Gasteiger partial charge in [-0.15, -0.1) is 0 Å². The molecule has 1 aromatic carbocycles. The standard InChI is InChI=1S/C31H42N6O4/c1-8-37(29(39)41-30(2,3)4)21-12-15-36(16-13-21)26-10-9-23(31(5)22(26)11-14-32-31)28(38)33-25-17-20-19-35(6)34-24(20)18-27(25)40-7/h9-11,14,17-19,21-22,32H,8,12-13,15-16H2,1-7H3,(H,33,38). The number of carbonyl (C=O) groups is 2. The summed E-state index contributed by atoms with van der Waals surface area (Å²) in [5.74, 6) is 0.382. The van der Waals surface area contributed by atoms with Crippen LogP contribution in [-0.2, 0) is 16.6 Å². The predicted octanol–water partition coefficient (Wildman–Crippen LogP) is 4.56. The highest BCUT2D eigenvalue weighted by molar-refractivity contribution is 6.07. The number of nitrogens with zero attached hydrogens (tertiary/aromatic N) is 4. The number of likely N-dealkylation sites (tertiary alicyclic amines) is 1. The molecule has 0 spiro atoms. The zero-order chi connectivity index (χ0) is 29.5. The summed E-state index contributed by atoms with van der Waals surface area (Å²) >= 11 is 0. The van der Waals surface area contributed by atoms with E-state index >= 15 is 0 Å². The van der Waals surface area contributed by atoms with E-state index in [1.807, 2.05) is 70.2 Å². The molecule has 2 unspecified atom stereocenters. The summed E-state index contributed by atoms with van der Waals surface area (Å²) in [6.45, 7) is 12.0. The van der Waals surface area contributed by atoms with E-state index in [0.29, 0.717) is 23.6 Å². The molecule has 41 heavy (non-hydrogen) atoms. The summed E-state index contributed by atoms with van der Waals surface area (Å²) in [5.41, 5.74) is 2.13. The normalized spacial score (nSPS) is 22.5. The summed E-state index contributed by atoms with van der Waals surface area (Å²) < 4.78 is 13.0. The molecule has 2 aromatic rings. The molecule has 3 heterocycles. The zero-order valence-corrected chi connectivity index (χ0v) is 25.2. The van der Waals surface area contributed by atoms with Gasteiger partial charge in [-0.2, -0.15) is 5.10 Å². The van der Waals surface area contributed by atoms with E-state index in [4.69, 9.17) is 9.47 Å². The van der Waals surface area contributed by atoms with Gasteiger partial charge in [0, 0.05) is 67.6 Å². The maximum absolute atomic E-state index is 13.7. The molecule has 2 aliphatic heterocycles. The van der Waals surface area contributed by atoms with Gasteiger partial charge in [-0.3, -0.25) is 9.48 Å². The van der Waals surface area contributed by atoms with Crippen molar-refractivity contribution in [2.45, 2.75) is 64.6 Å². The maximum atomic E-state index is 13.7. The molecule has 1 fully saturated rings. The topological polar surface area (TPSA) is 101 Å². The molecule has 1 aliphatic carbocycles. The molecule has 10 nitrogen and oxygen atoms in total. The molecule has 5 rings (SSSR count). The van der Waals surface area contributed by atoms with E-state index in [1.54, 1.807) is 11.8 Å². The van der Waals surface area contributed by atoms with Crippen LogP contribution in [0, 0.1) is 5.92 Å². The monoisotopic (exact) mass is 562 g/mol. The van der Waals surface area contributed by atoms with Crippen molar-refractivity contribution in [1.29, 1.82) is 0 Å². The quantitative estimate of drug-likeness (QED) is 0.533. The number of hydrogen-bond donors (Lipinski definition) is 2. The molecule has 1 saturated heterocycles. The average Bonchev–Trinajstić information content (AvgIpc) is 3.48. The van der Waals surface area contributed by atoms with E-state index in [2.05, 4.69) is 39.7 Å². The Morgan fingerprint density at radius 3 is 2.61 bits per heavy atom. The van der Waals surface area contributed by atoms with Crippen molar-refractivity contribution in [3.05, 3.63) is 54.0 Å². The molecule has 2 N–H and O–H groups in total. The molecule has 1 aromatic heterocycles. The molecule has 2 amide bonds. The first-order valence-electron chi connectivity index (χ1n) is 14.4. The zero-order valence-electron chi connectivity index (χ0n) is 25.2. The number of aryl methyl sites for hydroxylation is 1. The molecule has 0 saturated carbocycles. The maximum Gasteiger partial charge on any atom is 0.410 e. The highest BCUT2D eigenvalue weighted by atomic mass is 16.6. The summed E-state index contributed by atoms with van der Waals surface area (Å²) in [5, 5.41) is 11.9. The summed E-state index contributed by atoms with van der Waals surface area (Å²) in [6.07, 6.45) is 11.5. The number of ether oxygens (including phenoxy) is 2. The molecule has 10 heteroatoms. The van der Waals surface area contributed by atoms with Crippen molar-refractivity contribution >= 4 is 28.6 Å². The molecular weight excluding hydrogens is 520 g/mol. The van der Waals surface area contributed by atoms with Crippen LogP contribution in [0.4, 0.5) is 10.5 Å². The fraction of sp³-hybridized carbons (Fsp3) is 0.516. The van der Waals surface area contributed by atoms with Gasteiger partial charge in [-0.25, -0.2) is 4.79 Å². The number of rotatable bonds is 6. The number of hydrogen-bond acceptors (Lipinski definition) is 7. The van der Waals surface area contributed by atoms with Crippen molar-refractivity contribution < 1.29 is 19.1 Å². The number of benzene rings is 1. The van der Waals surface area contributed by atoms with Crippen LogP contribution in [0.5, 0.6) is 5.75 Å². The largest absolute Gasteiger partial charge is 0.494 e. The molecule has 0 bridgehead atoms. The Labute approximate surface area is 242 Å². The van der Waals surface area contributed by atoms with Crippen molar-refractivity contribution in [3.8, 4) is 5.75 Å². The number of amides is 2. The number of anilines is 1. The highest BCUT2D eigenvalue weighted by Gasteiger charge is 2.47. The van der Waals surface area contributed by atoms with Gasteiger partial charge in [0.2, 0.25) is 0 Å². The number of allylic oxidation sites excluding steroid dienone is 2. The third-order valence-electron chi connectivity index (χ3n) is 8.26. The van der Waals surface area contributed by atoms with Gasteiger partial charge in [0.15, 0.2) is 0 Å². The van der Waals surface area contributed by atoms with Gasteiger partial charge in [0.05, 0.1) is 23.9 Å². The van der Waals surface area contributed by atoms with Crippen LogP contribution < -0.4 is 15.4 Å². The Hall–Kier alpha value is -3.95. The van der Waals surface area contributed by atoms with Gasteiger partial charge < -0.3 is 29.9 Å². The van der Waals surface area contributed by atoms with Crippen LogP contribution >= 0.6 is 0 Å². The highest BCUT2D eigenvalue weighted by Crippen LogP contribution is 2.42. The lowest BCUT2D eigenvalue weighted by Gasteiger charge is -2.45. The van der Waals surface area contributed by atoms with E-state index in [0.717, 1.165) is 36.8 Å². The number of piperidine rings is 1. The Kier molecular flexibility index (Phi) is 7.52. The van der Waals surface area contributed by atoms with Crippen LogP contribution in [0.3, 0.4) is 0 Å². The molecule has 220 valence electrons. The summed E-state index contributed by atoms with van der Waals surface area (Å²) in [7, 11) is 3.45. The fourth-order valence-electron chi connectivity index (χ4n) is 6.22. The first-order valence-corrected chi connectivity index (χ1v) is 14.4. The summed E-state index contributed by atoms with van der Waals surface area (Å²) in [6, 6.07) is 3.87. The smallest absolute Gasteiger partial charge is 0.410 e. The third-order valence-corrected chi connectivity index (χ3v) is 8.26. The van der Waals surface area contributed by atoms with Gasteiger partial charge >= 0.3 is 6.09 Å². The second-order valence-corrected chi connectivity index (χ2v) is 12.2. The van der Waals surface area contributed by atoms with E-state index in [-0.39, 0.29) is 24.0 Å². The van der Waals surface area contributed by atoms with Crippen LogP contribution in [-0.4, -0.2) is 75.5 Å². The number of nitrogens with one attached hydrogen (secondary N) is 2. The van der Waals surface area contributed by atoms with Gasteiger partial charge in [0.1, 0.15) is 11.4 Å². The van der Waals surface area contributed by atoms with Crippen LogP contribution in [0.1, 0.15) is 47.5 Å². The minimum Gasteiger partial charge on any atom is -0.494 e. The Morgan fingerprint density at radius 2 is 1.95 bits per heavy atom. The Bertz CT molecular complexity index is 1430. The minimum absolute atomic E-state index is 0.000586. The molecule has 2 atom stereocenters. The number of aromatic nitrogens is 2. The van der Waals surface area contributed by atoms with E-state index < -0.39 is 11.1 Å². The third kappa shape index (κ3) is 5.52. The van der Waals surface area contributed by atoms with Crippen molar-refractivity contribution in [2.24, 2.45) is 13.0 Å². The lowest BCUT2D eigenvalue weighted by molar-refractivity contribution is -0.113. The minimum atomic E-state index is -0.595. The van der Waals surface area contributed by atoms with Crippen molar-refractivity contribution in [2.75, 3.05) is 32.1 Å². The molecule has 0 radical (unpaired) electrons. The lowest BCUT2D eigenvalue weighted by Crippen LogP contribution is -2.53. The van der Waals surface area contributed by atoms with Crippen LogP contribution in [0.2, 0.25) is 0 Å².